The lowest BCUT2D eigenvalue weighted by molar-refractivity contribution is 0.355. The molecular formula is C21H23N3O2. The van der Waals surface area contributed by atoms with Crippen LogP contribution in [0.4, 0.5) is 0 Å². The topological polar surface area (TPSA) is 49.2 Å². The van der Waals surface area contributed by atoms with Crippen LogP contribution in [0.15, 0.2) is 36.4 Å². The van der Waals surface area contributed by atoms with E-state index in [4.69, 9.17) is 19.4 Å². The van der Waals surface area contributed by atoms with Crippen molar-refractivity contribution in [2.75, 3.05) is 14.2 Å². The van der Waals surface area contributed by atoms with Gasteiger partial charge in [-0.1, -0.05) is 38.0 Å². The number of hydrogen-bond acceptors (Lipinski definition) is 4. The van der Waals surface area contributed by atoms with Crippen LogP contribution in [0.5, 0.6) is 11.5 Å². The number of para-hydroxylation sites is 1. The van der Waals surface area contributed by atoms with Crippen LogP contribution in [0.3, 0.4) is 0 Å². The lowest BCUT2D eigenvalue weighted by atomic mass is 10.2. The molecule has 2 aromatic carbocycles. The van der Waals surface area contributed by atoms with Gasteiger partial charge >= 0.3 is 0 Å². The summed E-state index contributed by atoms with van der Waals surface area (Å²) in [6, 6.07) is 12.2. The molecule has 0 fully saturated rings. The maximum Gasteiger partial charge on any atom is 0.163 e. The average molecular weight is 349 g/mol. The smallest absolute Gasteiger partial charge is 0.163 e. The highest BCUT2D eigenvalue weighted by atomic mass is 16.5. The maximum atomic E-state index is 5.43. The molecule has 0 saturated heterocycles. The summed E-state index contributed by atoms with van der Waals surface area (Å²) in [7, 11) is 3.27. The van der Waals surface area contributed by atoms with Gasteiger partial charge in [0.05, 0.1) is 30.8 Å². The fraction of sp³-hybridized carbons (Fsp3) is 0.333. The largest absolute Gasteiger partial charge is 0.493 e. The van der Waals surface area contributed by atoms with E-state index in [9.17, 15) is 0 Å². The molecule has 0 saturated carbocycles. The minimum absolute atomic E-state index is 0.667. The first kappa shape index (κ1) is 16.6. The van der Waals surface area contributed by atoms with Crippen LogP contribution < -0.4 is 9.47 Å². The van der Waals surface area contributed by atoms with Gasteiger partial charge < -0.3 is 14.0 Å². The third-order valence-corrected chi connectivity index (χ3v) is 4.84. The maximum absolute atomic E-state index is 5.43. The number of nitrogens with zero attached hydrogens (tertiary/aromatic N) is 3. The summed E-state index contributed by atoms with van der Waals surface area (Å²) < 4.78 is 13.1. The van der Waals surface area contributed by atoms with E-state index in [0.29, 0.717) is 11.5 Å². The van der Waals surface area contributed by atoms with Gasteiger partial charge in [-0.25, -0.2) is 9.97 Å². The first-order valence-electron chi connectivity index (χ1n) is 9.07. The molecule has 0 aliphatic carbocycles. The third kappa shape index (κ3) is 2.64. The van der Waals surface area contributed by atoms with Crippen molar-refractivity contribution >= 4 is 33.1 Å². The summed E-state index contributed by atoms with van der Waals surface area (Å²) in [5.41, 5.74) is 4.69. The Kier molecular flexibility index (Phi) is 4.37. The second-order valence-electron chi connectivity index (χ2n) is 6.47. The van der Waals surface area contributed by atoms with E-state index in [1.807, 2.05) is 12.1 Å². The molecule has 5 nitrogen and oxygen atoms in total. The molecule has 0 atom stereocenters. The normalized spacial score (nSPS) is 11.5. The molecule has 0 aliphatic heterocycles. The molecule has 0 radical (unpaired) electrons. The molecule has 4 aromatic rings. The van der Waals surface area contributed by atoms with Crippen LogP contribution in [0.25, 0.3) is 33.1 Å². The lowest BCUT2D eigenvalue weighted by Crippen LogP contribution is -2.00. The summed E-state index contributed by atoms with van der Waals surface area (Å²) in [4.78, 5) is 9.86. The van der Waals surface area contributed by atoms with Crippen molar-refractivity contribution in [2.24, 2.45) is 0 Å². The van der Waals surface area contributed by atoms with Gasteiger partial charge in [0.1, 0.15) is 5.52 Å². The zero-order valence-electron chi connectivity index (χ0n) is 15.5. The second-order valence-corrected chi connectivity index (χ2v) is 6.47. The predicted molar refractivity (Wildman–Crippen MR) is 105 cm³/mol. The van der Waals surface area contributed by atoms with Gasteiger partial charge in [0.25, 0.3) is 0 Å². The number of hydrogen-bond donors (Lipinski definition) is 0. The fourth-order valence-electron chi connectivity index (χ4n) is 3.51. The number of benzene rings is 2. The van der Waals surface area contributed by atoms with Gasteiger partial charge in [-0.15, -0.1) is 0 Å². The summed E-state index contributed by atoms with van der Waals surface area (Å²) in [5.74, 6) is 1.34. The molecule has 0 N–H and O–H groups in total. The van der Waals surface area contributed by atoms with E-state index >= 15 is 0 Å². The van der Waals surface area contributed by atoms with Crippen molar-refractivity contribution in [1.82, 2.24) is 14.5 Å². The van der Waals surface area contributed by atoms with Crippen molar-refractivity contribution in [1.29, 1.82) is 0 Å². The molecule has 0 bridgehead atoms. The average Bonchev–Trinajstić information content (AvgIpc) is 2.98. The molecule has 26 heavy (non-hydrogen) atoms. The highest BCUT2D eigenvalue weighted by molar-refractivity contribution is 6.06. The molecule has 2 heterocycles. The predicted octanol–water partition coefficient (Wildman–Crippen LogP) is 4.95. The van der Waals surface area contributed by atoms with Crippen molar-refractivity contribution < 1.29 is 9.47 Å². The van der Waals surface area contributed by atoms with Crippen LogP contribution in [-0.2, 0) is 6.54 Å². The van der Waals surface area contributed by atoms with E-state index in [0.717, 1.165) is 40.5 Å². The minimum atomic E-state index is 0.667. The highest BCUT2D eigenvalue weighted by Gasteiger charge is 2.16. The molecular weight excluding hydrogens is 326 g/mol. The number of aryl methyl sites for hydroxylation is 1. The van der Waals surface area contributed by atoms with E-state index in [2.05, 4.69) is 35.8 Å². The number of methoxy groups -OCH3 is 2. The van der Waals surface area contributed by atoms with E-state index in [-0.39, 0.29) is 0 Å². The van der Waals surface area contributed by atoms with Crippen LogP contribution in [0, 0.1) is 0 Å². The second kappa shape index (κ2) is 6.83. The number of fused-ring (bicyclic) bond motifs is 4. The lowest BCUT2D eigenvalue weighted by Gasteiger charge is -2.09. The van der Waals surface area contributed by atoms with Crippen LogP contribution in [0.1, 0.15) is 26.2 Å². The number of ether oxygens (including phenoxy) is 2. The molecule has 4 rings (SSSR count). The van der Waals surface area contributed by atoms with Gasteiger partial charge in [-0.2, -0.15) is 0 Å². The zero-order valence-corrected chi connectivity index (χ0v) is 15.5. The summed E-state index contributed by atoms with van der Waals surface area (Å²) >= 11 is 0. The monoisotopic (exact) mass is 349 g/mol. The Bertz CT molecular complexity index is 1090. The Morgan fingerprint density at radius 3 is 2.31 bits per heavy atom. The Balaban J connectivity index is 2.00. The van der Waals surface area contributed by atoms with Crippen molar-refractivity contribution in [2.45, 2.75) is 32.7 Å². The highest BCUT2D eigenvalue weighted by Crippen LogP contribution is 2.34. The summed E-state index contributed by atoms with van der Waals surface area (Å²) in [5, 5.41) is 1.14. The molecule has 5 heteroatoms. The molecule has 0 aliphatic rings. The molecule has 0 amide bonds. The molecule has 2 aromatic heterocycles. The first-order chi connectivity index (χ1) is 12.8. The standard InChI is InChI=1S/C21H23N3O2/c1-4-5-8-11-24-17-10-7-6-9-14(17)20-21(24)23-16-13-19(26-3)18(25-2)12-15(16)22-20/h6-7,9-10,12-13H,4-5,8,11H2,1-3H3. The van der Waals surface area contributed by atoms with Crippen LogP contribution in [0.2, 0.25) is 0 Å². The summed E-state index contributed by atoms with van der Waals surface area (Å²) in [6.45, 7) is 3.17. The van der Waals surface area contributed by atoms with E-state index in [1.54, 1.807) is 14.2 Å². The quantitative estimate of drug-likeness (QED) is 0.462. The van der Waals surface area contributed by atoms with E-state index < -0.39 is 0 Å². The number of aromatic nitrogens is 3. The van der Waals surface area contributed by atoms with E-state index in [1.165, 1.54) is 18.4 Å². The number of rotatable bonds is 6. The SMILES string of the molecule is CCCCCn1c2ccccc2c2nc3cc(OC)c(OC)cc3nc21. The van der Waals surface area contributed by atoms with Crippen molar-refractivity contribution in [3.8, 4) is 11.5 Å². The molecule has 0 spiro atoms. The summed E-state index contributed by atoms with van der Waals surface area (Å²) in [6.07, 6.45) is 3.54. The Morgan fingerprint density at radius 1 is 0.923 bits per heavy atom. The fourth-order valence-corrected chi connectivity index (χ4v) is 3.51. The number of unbranched alkanes of at least 4 members (excludes halogenated alkanes) is 2. The van der Waals surface area contributed by atoms with Gasteiger partial charge in [-0.05, 0) is 12.5 Å². The molecule has 0 unspecified atom stereocenters. The van der Waals surface area contributed by atoms with Gasteiger partial charge in [0.15, 0.2) is 17.1 Å². The Hall–Kier alpha value is -2.82. The zero-order chi connectivity index (χ0) is 18.1. The minimum Gasteiger partial charge on any atom is -0.493 e. The molecule has 134 valence electrons. The first-order valence-corrected chi connectivity index (χ1v) is 9.07. The Labute approximate surface area is 152 Å². The van der Waals surface area contributed by atoms with Crippen molar-refractivity contribution in [3.63, 3.8) is 0 Å². The Morgan fingerprint density at radius 2 is 1.62 bits per heavy atom. The third-order valence-electron chi connectivity index (χ3n) is 4.84. The van der Waals surface area contributed by atoms with Crippen molar-refractivity contribution in [3.05, 3.63) is 36.4 Å². The van der Waals surface area contributed by atoms with Crippen LogP contribution in [-0.4, -0.2) is 28.8 Å². The van der Waals surface area contributed by atoms with Gasteiger partial charge in [-0.3, -0.25) is 0 Å². The van der Waals surface area contributed by atoms with Gasteiger partial charge in [0.2, 0.25) is 0 Å². The van der Waals surface area contributed by atoms with Gasteiger partial charge in [0, 0.05) is 24.1 Å². The van der Waals surface area contributed by atoms with Crippen LogP contribution >= 0.6 is 0 Å².